The zero-order valence-electron chi connectivity index (χ0n) is 12.9. The molecule has 0 aliphatic carbocycles. The van der Waals surface area contributed by atoms with Crippen LogP contribution in [0.2, 0.25) is 0 Å². The highest BCUT2D eigenvalue weighted by Gasteiger charge is 2.36. The molecular weight excluding hydrogens is 270 g/mol. The summed E-state index contributed by atoms with van der Waals surface area (Å²) in [7, 11) is 0. The smallest absolute Gasteiger partial charge is 0.322 e. The second-order valence-corrected chi connectivity index (χ2v) is 6.20. The van der Waals surface area contributed by atoms with Gasteiger partial charge in [-0.2, -0.15) is 0 Å². The van der Waals surface area contributed by atoms with Gasteiger partial charge in [0.2, 0.25) is 0 Å². The fraction of sp³-hybridized carbons (Fsp3) is 0.500. The number of rotatable bonds is 5. The average Bonchev–Trinajstić information content (AvgIpc) is 2.29. The Bertz CT molecular complexity index is 502. The quantitative estimate of drug-likeness (QED) is 0.639. The molecule has 0 aliphatic rings. The van der Waals surface area contributed by atoms with Gasteiger partial charge in [-0.1, -0.05) is 29.8 Å². The molecule has 5 nitrogen and oxygen atoms in total. The van der Waals surface area contributed by atoms with Crippen LogP contribution in [0.15, 0.2) is 24.3 Å². The SMILES string of the molecule is Cc1ccc(CC(N)[C@H](C(=O)O)C(=O)OC(C)(C)C)cc1. The Morgan fingerprint density at radius 3 is 2.19 bits per heavy atom. The molecule has 0 heterocycles. The van der Waals surface area contributed by atoms with Crippen LogP contribution in [0, 0.1) is 12.8 Å². The summed E-state index contributed by atoms with van der Waals surface area (Å²) in [5, 5.41) is 9.25. The van der Waals surface area contributed by atoms with Crippen molar-refractivity contribution < 1.29 is 19.4 Å². The van der Waals surface area contributed by atoms with Crippen molar-refractivity contribution in [3.8, 4) is 0 Å². The van der Waals surface area contributed by atoms with Crippen LogP contribution in [0.4, 0.5) is 0 Å². The molecular formula is C16H23NO4. The van der Waals surface area contributed by atoms with E-state index in [1.165, 1.54) is 0 Å². The van der Waals surface area contributed by atoms with Gasteiger partial charge in [-0.15, -0.1) is 0 Å². The molecule has 0 spiro atoms. The minimum absolute atomic E-state index is 0.302. The summed E-state index contributed by atoms with van der Waals surface area (Å²) in [6, 6.07) is 6.77. The van der Waals surface area contributed by atoms with E-state index in [1.807, 2.05) is 31.2 Å². The third kappa shape index (κ3) is 5.55. The maximum Gasteiger partial charge on any atom is 0.322 e. The van der Waals surface area contributed by atoms with E-state index in [1.54, 1.807) is 20.8 Å². The molecule has 116 valence electrons. The molecule has 5 heteroatoms. The second-order valence-electron chi connectivity index (χ2n) is 6.20. The Morgan fingerprint density at radius 1 is 1.24 bits per heavy atom. The summed E-state index contributed by atoms with van der Waals surface area (Å²) in [6.07, 6.45) is 0.302. The van der Waals surface area contributed by atoms with Gasteiger partial charge in [0.25, 0.3) is 0 Å². The molecule has 1 unspecified atom stereocenters. The number of aryl methyl sites for hydroxylation is 1. The van der Waals surface area contributed by atoms with Gasteiger partial charge < -0.3 is 15.6 Å². The molecule has 0 amide bonds. The molecule has 0 aromatic heterocycles. The molecule has 0 aliphatic heterocycles. The fourth-order valence-corrected chi connectivity index (χ4v) is 1.94. The third-order valence-corrected chi connectivity index (χ3v) is 2.95. The molecule has 0 saturated heterocycles. The van der Waals surface area contributed by atoms with Crippen LogP contribution < -0.4 is 5.73 Å². The number of ether oxygens (including phenoxy) is 1. The highest BCUT2D eigenvalue weighted by atomic mass is 16.6. The minimum atomic E-state index is -1.37. The van der Waals surface area contributed by atoms with E-state index < -0.39 is 29.5 Å². The van der Waals surface area contributed by atoms with Crippen molar-refractivity contribution >= 4 is 11.9 Å². The molecule has 1 rings (SSSR count). The molecule has 0 saturated carbocycles. The summed E-state index contributed by atoms with van der Waals surface area (Å²) < 4.78 is 5.14. The van der Waals surface area contributed by atoms with Crippen molar-refractivity contribution in [1.29, 1.82) is 0 Å². The first kappa shape index (κ1) is 17.2. The van der Waals surface area contributed by atoms with Crippen molar-refractivity contribution in [2.75, 3.05) is 0 Å². The first-order valence-electron chi connectivity index (χ1n) is 6.87. The number of hydrogen-bond acceptors (Lipinski definition) is 4. The van der Waals surface area contributed by atoms with Crippen molar-refractivity contribution in [2.24, 2.45) is 11.7 Å². The normalized spacial score (nSPS) is 14.3. The predicted molar refractivity (Wildman–Crippen MR) is 79.8 cm³/mol. The molecule has 0 fully saturated rings. The lowest BCUT2D eigenvalue weighted by molar-refractivity contribution is -0.167. The lowest BCUT2D eigenvalue weighted by Gasteiger charge is -2.25. The Hall–Kier alpha value is -1.88. The zero-order chi connectivity index (χ0) is 16.2. The number of carboxylic acids is 1. The molecule has 0 bridgehead atoms. The molecule has 0 radical (unpaired) electrons. The van der Waals surface area contributed by atoms with Gasteiger partial charge >= 0.3 is 11.9 Å². The molecule has 3 N–H and O–H groups in total. The minimum Gasteiger partial charge on any atom is -0.481 e. The summed E-state index contributed by atoms with van der Waals surface area (Å²) in [5.41, 5.74) is 7.18. The predicted octanol–water partition coefficient (Wildman–Crippen LogP) is 1.91. The van der Waals surface area contributed by atoms with Gasteiger partial charge in [0.05, 0.1) is 0 Å². The van der Waals surface area contributed by atoms with Gasteiger partial charge in [-0.05, 0) is 39.7 Å². The van der Waals surface area contributed by atoms with Crippen LogP contribution in [0.5, 0.6) is 0 Å². The number of aliphatic carboxylic acids is 1. The number of nitrogens with two attached hydrogens (primary N) is 1. The Balaban J connectivity index is 2.82. The number of benzene rings is 1. The second kappa shape index (κ2) is 6.72. The van der Waals surface area contributed by atoms with E-state index >= 15 is 0 Å². The van der Waals surface area contributed by atoms with E-state index in [-0.39, 0.29) is 0 Å². The number of carbonyl (C=O) groups excluding carboxylic acids is 1. The monoisotopic (exact) mass is 293 g/mol. The number of carbonyl (C=O) groups is 2. The van der Waals surface area contributed by atoms with Gasteiger partial charge in [-0.25, -0.2) is 0 Å². The highest BCUT2D eigenvalue weighted by Crippen LogP contribution is 2.16. The van der Waals surface area contributed by atoms with Crippen molar-refractivity contribution in [2.45, 2.75) is 45.8 Å². The number of carboxylic acid groups (broad SMARTS) is 1. The fourth-order valence-electron chi connectivity index (χ4n) is 1.94. The van der Waals surface area contributed by atoms with Gasteiger partial charge in [0, 0.05) is 6.04 Å². The van der Waals surface area contributed by atoms with Crippen LogP contribution in [0.3, 0.4) is 0 Å². The first-order valence-corrected chi connectivity index (χ1v) is 6.87. The number of hydrogen-bond donors (Lipinski definition) is 2. The van der Waals surface area contributed by atoms with Crippen LogP contribution in [0.25, 0.3) is 0 Å². The summed E-state index contributed by atoms with van der Waals surface area (Å²) in [5.74, 6) is -3.43. The van der Waals surface area contributed by atoms with E-state index in [0.29, 0.717) is 6.42 Å². The van der Waals surface area contributed by atoms with Gasteiger partial charge in [-0.3, -0.25) is 9.59 Å². The van der Waals surface area contributed by atoms with Gasteiger partial charge in [0.15, 0.2) is 5.92 Å². The van der Waals surface area contributed by atoms with E-state index in [4.69, 9.17) is 10.5 Å². The molecule has 2 atom stereocenters. The molecule has 21 heavy (non-hydrogen) atoms. The highest BCUT2D eigenvalue weighted by molar-refractivity contribution is 5.95. The van der Waals surface area contributed by atoms with Crippen LogP contribution in [-0.2, 0) is 20.7 Å². The van der Waals surface area contributed by atoms with Gasteiger partial charge in [0.1, 0.15) is 5.60 Å². The Morgan fingerprint density at radius 2 is 1.76 bits per heavy atom. The maximum atomic E-state index is 12.0. The Kier molecular flexibility index (Phi) is 5.49. The lowest BCUT2D eigenvalue weighted by atomic mass is 9.93. The lowest BCUT2D eigenvalue weighted by Crippen LogP contribution is -2.45. The molecule has 1 aromatic rings. The van der Waals surface area contributed by atoms with Crippen LogP contribution in [0.1, 0.15) is 31.9 Å². The first-order chi connectivity index (χ1) is 9.60. The zero-order valence-corrected chi connectivity index (χ0v) is 12.9. The van der Waals surface area contributed by atoms with E-state index in [9.17, 15) is 14.7 Å². The largest absolute Gasteiger partial charge is 0.481 e. The van der Waals surface area contributed by atoms with Crippen molar-refractivity contribution in [3.05, 3.63) is 35.4 Å². The van der Waals surface area contributed by atoms with Crippen molar-refractivity contribution in [1.82, 2.24) is 0 Å². The Labute approximate surface area is 125 Å². The summed E-state index contributed by atoms with van der Waals surface area (Å²) >= 11 is 0. The summed E-state index contributed by atoms with van der Waals surface area (Å²) in [6.45, 7) is 7.03. The molecule has 1 aromatic carbocycles. The van der Waals surface area contributed by atoms with Crippen molar-refractivity contribution in [3.63, 3.8) is 0 Å². The standard InChI is InChI=1S/C16H23NO4/c1-10-5-7-11(8-6-10)9-12(17)13(14(18)19)15(20)21-16(2,3)4/h5-8,12-13H,9,17H2,1-4H3,(H,18,19)/t12?,13-/m1/s1. The maximum absolute atomic E-state index is 12.0. The van der Waals surface area contributed by atoms with E-state index in [2.05, 4.69) is 0 Å². The van der Waals surface area contributed by atoms with Crippen LogP contribution >= 0.6 is 0 Å². The summed E-state index contributed by atoms with van der Waals surface area (Å²) in [4.78, 5) is 23.3. The van der Waals surface area contributed by atoms with Crippen LogP contribution in [-0.4, -0.2) is 28.7 Å². The topological polar surface area (TPSA) is 89.6 Å². The average molecular weight is 293 g/mol. The van der Waals surface area contributed by atoms with E-state index in [0.717, 1.165) is 11.1 Å². The number of esters is 1. The third-order valence-electron chi connectivity index (χ3n) is 2.95.